The number of carboxylic acids is 1. The van der Waals surface area contributed by atoms with Crippen molar-refractivity contribution in [2.75, 3.05) is 0 Å². The number of hydrogen-bond acceptors (Lipinski definition) is 2. The predicted molar refractivity (Wildman–Crippen MR) is 134 cm³/mol. The minimum Gasteiger partial charge on any atom is -0.481 e. The third kappa shape index (κ3) is 5.47. The highest BCUT2D eigenvalue weighted by Gasteiger charge is 2.13. The summed E-state index contributed by atoms with van der Waals surface area (Å²) in [6.45, 7) is 2.49. The Morgan fingerprint density at radius 1 is 0.939 bits per heavy atom. The average molecular weight is 438 g/mol. The molecule has 0 amide bonds. The Bertz CT molecular complexity index is 1370. The van der Waals surface area contributed by atoms with Crippen molar-refractivity contribution < 1.29 is 9.90 Å². The number of aryl methyl sites for hydroxylation is 1. The number of fused-ring (bicyclic) bond motifs is 1. The number of carboxylic acid groups (broad SMARTS) is 1. The molecule has 0 unspecified atom stereocenters. The van der Waals surface area contributed by atoms with Gasteiger partial charge in [-0.1, -0.05) is 78.9 Å². The second-order valence-corrected chi connectivity index (χ2v) is 8.31. The fraction of sp³-hybridized carbons (Fsp3) is 0.172. The van der Waals surface area contributed by atoms with Gasteiger partial charge in [0, 0.05) is 18.2 Å². The van der Waals surface area contributed by atoms with Crippen LogP contribution in [0, 0.1) is 6.92 Å². The normalized spacial score (nSPS) is 11.3. The summed E-state index contributed by atoms with van der Waals surface area (Å²) < 4.78 is 1.73. The van der Waals surface area contributed by atoms with E-state index in [0.717, 1.165) is 27.6 Å². The van der Waals surface area contributed by atoms with Crippen molar-refractivity contribution in [3.8, 4) is 0 Å². The van der Waals surface area contributed by atoms with E-state index in [9.17, 15) is 9.59 Å². The molecule has 4 heteroatoms. The van der Waals surface area contributed by atoms with Crippen LogP contribution in [-0.2, 0) is 17.8 Å². The smallest absolute Gasteiger partial charge is 0.303 e. The topological polar surface area (TPSA) is 59.3 Å². The predicted octanol–water partition coefficient (Wildman–Crippen LogP) is 5.94. The maximum Gasteiger partial charge on any atom is 0.303 e. The van der Waals surface area contributed by atoms with E-state index in [4.69, 9.17) is 5.11 Å². The van der Waals surface area contributed by atoms with Crippen LogP contribution in [0.15, 0.2) is 83.8 Å². The highest BCUT2D eigenvalue weighted by Crippen LogP contribution is 2.20. The molecule has 0 aliphatic heterocycles. The second kappa shape index (κ2) is 10.1. The van der Waals surface area contributed by atoms with Crippen molar-refractivity contribution >= 4 is 28.9 Å². The SMILES string of the molecule is Cc1cn(Cc2ccccc2)c(=O)c(CCCC(=O)O)c1C=Cc1ccc2ccccc2c1. The molecule has 0 fully saturated rings. The molecule has 0 bridgehead atoms. The fourth-order valence-electron chi connectivity index (χ4n) is 4.17. The maximum atomic E-state index is 13.4. The Hall–Kier alpha value is -3.92. The minimum atomic E-state index is -0.847. The molecular formula is C29H27NO3. The van der Waals surface area contributed by atoms with E-state index < -0.39 is 5.97 Å². The molecule has 0 saturated carbocycles. The number of hydrogen-bond donors (Lipinski definition) is 1. The van der Waals surface area contributed by atoms with Gasteiger partial charge in [0.2, 0.25) is 0 Å². The van der Waals surface area contributed by atoms with Crippen molar-refractivity contribution in [3.05, 3.63) is 117 Å². The molecule has 0 spiro atoms. The molecule has 0 radical (unpaired) electrons. The fourth-order valence-corrected chi connectivity index (χ4v) is 4.17. The second-order valence-electron chi connectivity index (χ2n) is 8.31. The number of carbonyl (C=O) groups is 1. The maximum absolute atomic E-state index is 13.4. The van der Waals surface area contributed by atoms with Crippen molar-refractivity contribution in [2.45, 2.75) is 32.7 Å². The molecule has 4 nitrogen and oxygen atoms in total. The van der Waals surface area contributed by atoms with E-state index in [1.807, 2.05) is 67.7 Å². The Morgan fingerprint density at radius 3 is 2.42 bits per heavy atom. The van der Waals surface area contributed by atoms with Crippen LogP contribution in [-0.4, -0.2) is 15.6 Å². The molecule has 1 N–H and O–H groups in total. The van der Waals surface area contributed by atoms with E-state index in [2.05, 4.69) is 30.3 Å². The van der Waals surface area contributed by atoms with E-state index in [1.165, 1.54) is 5.39 Å². The van der Waals surface area contributed by atoms with E-state index in [1.54, 1.807) is 4.57 Å². The zero-order chi connectivity index (χ0) is 23.2. The van der Waals surface area contributed by atoms with Crippen LogP contribution < -0.4 is 5.56 Å². The summed E-state index contributed by atoms with van der Waals surface area (Å²) in [6, 6.07) is 24.4. The van der Waals surface area contributed by atoms with E-state index in [-0.39, 0.29) is 12.0 Å². The van der Waals surface area contributed by atoms with Gasteiger partial charge in [0.15, 0.2) is 0 Å². The number of aromatic nitrogens is 1. The molecule has 33 heavy (non-hydrogen) atoms. The highest BCUT2D eigenvalue weighted by atomic mass is 16.4. The summed E-state index contributed by atoms with van der Waals surface area (Å²) in [5.74, 6) is -0.847. The lowest BCUT2D eigenvalue weighted by molar-refractivity contribution is -0.137. The molecule has 3 aromatic carbocycles. The Labute approximate surface area is 193 Å². The lowest BCUT2D eigenvalue weighted by Crippen LogP contribution is -2.26. The van der Waals surface area contributed by atoms with Crippen LogP contribution in [0.1, 0.15) is 40.7 Å². The van der Waals surface area contributed by atoms with Crippen LogP contribution in [0.5, 0.6) is 0 Å². The molecule has 0 aliphatic rings. The summed E-state index contributed by atoms with van der Waals surface area (Å²) in [4.78, 5) is 24.4. The summed E-state index contributed by atoms with van der Waals surface area (Å²) in [5.41, 5.74) is 4.58. The first-order chi connectivity index (χ1) is 16.0. The van der Waals surface area contributed by atoms with Crippen LogP contribution in [0.3, 0.4) is 0 Å². The average Bonchev–Trinajstić information content (AvgIpc) is 2.82. The van der Waals surface area contributed by atoms with Crippen molar-refractivity contribution in [2.24, 2.45) is 0 Å². The molecule has 4 rings (SSSR count). The molecule has 0 saturated heterocycles. The molecule has 166 valence electrons. The number of nitrogens with zero attached hydrogens (tertiary/aromatic N) is 1. The minimum absolute atomic E-state index is 0.0416. The first kappa shape index (κ1) is 22.3. The molecule has 0 atom stereocenters. The molecule has 1 aromatic heterocycles. The highest BCUT2D eigenvalue weighted by molar-refractivity contribution is 5.86. The largest absolute Gasteiger partial charge is 0.481 e. The standard InChI is InChI=1S/C29H27NO3/c1-21-19-30(20-23-8-3-2-4-9-23)29(33)27(12-7-13-28(31)32)26(21)17-15-22-14-16-24-10-5-6-11-25(24)18-22/h2-6,8-11,14-19H,7,12-13,20H2,1H3,(H,31,32). The number of aliphatic carboxylic acids is 1. The van der Waals surface area contributed by atoms with Gasteiger partial charge in [0.25, 0.3) is 5.56 Å². The number of rotatable bonds is 8. The Balaban J connectivity index is 1.71. The molecule has 0 aliphatic carbocycles. The van der Waals surface area contributed by atoms with Gasteiger partial charge < -0.3 is 9.67 Å². The van der Waals surface area contributed by atoms with Crippen LogP contribution in [0.2, 0.25) is 0 Å². The van der Waals surface area contributed by atoms with Gasteiger partial charge in [0.1, 0.15) is 0 Å². The third-order valence-corrected chi connectivity index (χ3v) is 5.85. The van der Waals surface area contributed by atoms with E-state index >= 15 is 0 Å². The lowest BCUT2D eigenvalue weighted by atomic mass is 9.98. The molecular weight excluding hydrogens is 410 g/mol. The van der Waals surface area contributed by atoms with Crippen molar-refractivity contribution in [3.63, 3.8) is 0 Å². The van der Waals surface area contributed by atoms with Gasteiger partial charge in [-0.3, -0.25) is 9.59 Å². The van der Waals surface area contributed by atoms with Gasteiger partial charge in [-0.2, -0.15) is 0 Å². The first-order valence-electron chi connectivity index (χ1n) is 11.2. The third-order valence-electron chi connectivity index (χ3n) is 5.85. The zero-order valence-electron chi connectivity index (χ0n) is 18.7. The van der Waals surface area contributed by atoms with Crippen LogP contribution in [0.4, 0.5) is 0 Å². The van der Waals surface area contributed by atoms with Gasteiger partial charge in [-0.15, -0.1) is 0 Å². The summed E-state index contributed by atoms with van der Waals surface area (Å²) in [5, 5.41) is 11.4. The first-order valence-corrected chi connectivity index (χ1v) is 11.2. The zero-order valence-corrected chi connectivity index (χ0v) is 18.7. The quantitative estimate of drug-likeness (QED) is 0.371. The van der Waals surface area contributed by atoms with Gasteiger partial charge >= 0.3 is 5.97 Å². The summed E-state index contributed by atoms with van der Waals surface area (Å²) in [6.07, 6.45) is 6.81. The van der Waals surface area contributed by atoms with Gasteiger partial charge in [0.05, 0.1) is 6.54 Å². The monoisotopic (exact) mass is 437 g/mol. The lowest BCUT2D eigenvalue weighted by Gasteiger charge is -2.14. The molecule has 4 aromatic rings. The number of pyridine rings is 1. The Kier molecular flexibility index (Phi) is 6.84. The summed E-state index contributed by atoms with van der Waals surface area (Å²) >= 11 is 0. The number of benzene rings is 3. The van der Waals surface area contributed by atoms with Crippen molar-refractivity contribution in [1.29, 1.82) is 0 Å². The van der Waals surface area contributed by atoms with Gasteiger partial charge in [-0.25, -0.2) is 0 Å². The van der Waals surface area contributed by atoms with Crippen LogP contribution >= 0.6 is 0 Å². The summed E-state index contributed by atoms with van der Waals surface area (Å²) in [7, 11) is 0. The van der Waals surface area contributed by atoms with Crippen LogP contribution in [0.25, 0.3) is 22.9 Å². The van der Waals surface area contributed by atoms with E-state index in [0.29, 0.717) is 24.9 Å². The Morgan fingerprint density at radius 2 is 1.67 bits per heavy atom. The molecule has 1 heterocycles. The van der Waals surface area contributed by atoms with Gasteiger partial charge in [-0.05, 0) is 58.9 Å². The van der Waals surface area contributed by atoms with Crippen molar-refractivity contribution in [1.82, 2.24) is 4.57 Å².